The van der Waals surface area contributed by atoms with Crippen LogP contribution in [0.2, 0.25) is 0 Å². The van der Waals surface area contributed by atoms with Gasteiger partial charge in [-0.3, -0.25) is 19.2 Å². The zero-order chi connectivity index (χ0) is 52.8. The van der Waals surface area contributed by atoms with E-state index in [1.54, 1.807) is 72.1 Å². The predicted octanol–water partition coefficient (Wildman–Crippen LogP) is 6.52. The van der Waals surface area contributed by atoms with Crippen LogP contribution in [0, 0.1) is 35.5 Å². The van der Waals surface area contributed by atoms with Crippen LogP contribution in [0.1, 0.15) is 138 Å². The lowest BCUT2D eigenvalue weighted by atomic mass is 9.78. The Bertz CT molecular complexity index is 2050. The van der Waals surface area contributed by atoms with Gasteiger partial charge in [0.25, 0.3) is 11.7 Å². The van der Waals surface area contributed by atoms with Crippen molar-refractivity contribution in [1.82, 2.24) is 9.62 Å². The van der Waals surface area contributed by atoms with Crippen LogP contribution in [-0.4, -0.2) is 141 Å². The van der Waals surface area contributed by atoms with E-state index in [1.807, 2.05) is 13.0 Å². The van der Waals surface area contributed by atoms with Gasteiger partial charge in [0, 0.05) is 58.1 Å². The Morgan fingerprint density at radius 2 is 1.56 bits per heavy atom. The minimum atomic E-state index is -3.73. The van der Waals surface area contributed by atoms with E-state index < -0.39 is 87.7 Å². The number of amides is 1. The number of likely N-dealkylation sites (N-methyl/N-ethyl adjacent to an activating group) is 1. The van der Waals surface area contributed by atoms with Crippen LogP contribution < -0.4 is 4.72 Å². The van der Waals surface area contributed by atoms with Gasteiger partial charge in [-0.05, 0) is 115 Å². The van der Waals surface area contributed by atoms with Gasteiger partial charge in [0.2, 0.25) is 15.8 Å². The third-order valence-electron chi connectivity index (χ3n) is 15.6. The van der Waals surface area contributed by atoms with Crippen molar-refractivity contribution in [3.05, 3.63) is 47.6 Å². The van der Waals surface area contributed by atoms with Crippen molar-refractivity contribution in [2.75, 3.05) is 34.1 Å². The zero-order valence-corrected chi connectivity index (χ0v) is 45.1. The van der Waals surface area contributed by atoms with Gasteiger partial charge in [0.1, 0.15) is 30.1 Å². The molecule has 0 spiro atoms. The number of Topliss-reactive ketones (excluding diaryl/α,β-unsaturated/α-hetero) is 3. The van der Waals surface area contributed by atoms with Gasteiger partial charge in [-0.1, -0.05) is 82.6 Å². The first kappa shape index (κ1) is 60.1. The minimum absolute atomic E-state index is 0.0261. The summed E-state index contributed by atoms with van der Waals surface area (Å²) in [7, 11) is 0.572. The first-order valence-corrected chi connectivity index (χ1v) is 27.8. The molecule has 0 aromatic heterocycles. The minimum Gasteiger partial charge on any atom is -0.460 e. The Labute approximate surface area is 423 Å². The van der Waals surface area contributed by atoms with Crippen LogP contribution >= 0.6 is 0 Å². The van der Waals surface area contributed by atoms with Crippen LogP contribution in [0.15, 0.2) is 47.6 Å². The molecule has 2 bridgehead atoms. The van der Waals surface area contributed by atoms with E-state index in [0.717, 1.165) is 37.0 Å². The van der Waals surface area contributed by atoms with E-state index in [4.69, 9.17) is 23.7 Å². The highest BCUT2D eigenvalue weighted by atomic mass is 32.2. The quantitative estimate of drug-likeness (QED) is 0.121. The maximum Gasteiger partial charge on any atom is 0.328 e. The number of hydrogen-bond donors (Lipinski definition) is 3. The van der Waals surface area contributed by atoms with Crippen LogP contribution in [0.5, 0.6) is 0 Å². The van der Waals surface area contributed by atoms with Crippen LogP contribution in [-0.2, 0) is 57.7 Å². The molecule has 17 heteroatoms. The molecule has 0 radical (unpaired) electrons. The number of sulfonamides is 1. The van der Waals surface area contributed by atoms with Crippen molar-refractivity contribution in [3.63, 3.8) is 0 Å². The third kappa shape index (κ3) is 17.3. The lowest BCUT2D eigenvalue weighted by Gasteiger charge is -2.42. The van der Waals surface area contributed by atoms with Crippen LogP contribution in [0.25, 0.3) is 0 Å². The molecule has 2 aliphatic heterocycles. The first-order chi connectivity index (χ1) is 33.4. The number of carbonyl (C=O) groups excluding carboxylic acids is 5. The van der Waals surface area contributed by atoms with Gasteiger partial charge >= 0.3 is 5.97 Å². The molecule has 1 saturated heterocycles. The summed E-state index contributed by atoms with van der Waals surface area (Å²) >= 11 is 0. The smallest absolute Gasteiger partial charge is 0.328 e. The van der Waals surface area contributed by atoms with Gasteiger partial charge in [-0.15, -0.1) is 0 Å². The number of nitrogens with zero attached hydrogens (tertiary/aromatic N) is 1. The molecule has 71 heavy (non-hydrogen) atoms. The Kier molecular flexibility index (Phi) is 23.5. The molecule has 3 fully saturated rings. The largest absolute Gasteiger partial charge is 0.460 e. The summed E-state index contributed by atoms with van der Waals surface area (Å²) in [6.07, 6.45) is 16.3. The van der Waals surface area contributed by atoms with Crippen molar-refractivity contribution >= 4 is 39.2 Å². The molecule has 4 aliphatic rings. The molecular formula is C54H86N2O14S. The maximum absolute atomic E-state index is 14.2. The number of esters is 1. The highest BCUT2D eigenvalue weighted by Crippen LogP contribution is 2.38. The number of cyclic esters (lactones) is 1. The number of methoxy groups -OCH3 is 2. The number of fused-ring (bicyclic) bond motifs is 2. The fraction of sp³-hybridized carbons (Fsp3) is 0.759. The topological polar surface area (TPSA) is 221 Å². The zero-order valence-electron chi connectivity index (χ0n) is 44.3. The fourth-order valence-corrected chi connectivity index (χ4v) is 11.3. The van der Waals surface area contributed by atoms with Crippen LogP contribution in [0.3, 0.4) is 0 Å². The standard InChI is InChI=1S/C54H86N2O14S/c1-33-19-15-13-12-14-16-20-34(2)48(58)50(67-10)49(59)37(5)27-35(3)44(57)31-46(36(4)28-41-24-26-45(47(29-41)66-9)68-32-40-21-17-18-22-40)69-53(62)39(7)56(8)52(61)51(60)54(63)38(6)23-25-42(70-54)30-43(33)55-71(11,64)65/h12-15,19,27,34-36,38-43,45-47,49-50,55,59,63H,16-18,20-26,28-32H2,1-11H3/b14-12-,15-13-,33-19-,37-27-/t34?,35?,36-,38+,39?,41+,42-,43-,45-,46?,47-,49?,50?,54+/m1/s1. The van der Waals surface area contributed by atoms with E-state index >= 15 is 0 Å². The second kappa shape index (κ2) is 27.8. The van der Waals surface area contributed by atoms with E-state index in [2.05, 4.69) is 4.72 Å². The maximum atomic E-state index is 14.2. The second-order valence-corrected chi connectivity index (χ2v) is 23.0. The number of aliphatic hydroxyl groups excluding tert-OH is 1. The molecule has 2 heterocycles. The number of nitrogens with one attached hydrogen (secondary N) is 1. The average molecular weight is 1020 g/mol. The van der Waals surface area contributed by atoms with Crippen molar-refractivity contribution in [2.45, 2.75) is 193 Å². The average Bonchev–Trinajstić information content (AvgIpc) is 3.86. The Morgan fingerprint density at radius 1 is 0.873 bits per heavy atom. The van der Waals surface area contributed by atoms with Crippen molar-refractivity contribution < 1.29 is 66.3 Å². The summed E-state index contributed by atoms with van der Waals surface area (Å²) in [5, 5.41) is 23.3. The molecule has 2 aliphatic carbocycles. The van der Waals surface area contributed by atoms with Crippen molar-refractivity contribution in [1.29, 1.82) is 0 Å². The number of aliphatic hydroxyl groups is 2. The van der Waals surface area contributed by atoms with Gasteiger partial charge in [-0.25, -0.2) is 17.9 Å². The lowest BCUT2D eigenvalue weighted by Crippen LogP contribution is -2.59. The SMILES string of the molecule is COC1C(=O)C(C)CC\C=C/C=C\C=C(\C)[C@H](NS(C)(=O)=O)C[C@H]2CC[C@H](C)[C@](O)(O2)C(=O)C(=O)N(C)C(C)C(=O)OC([C@H](C)C[C@@H]2CC[C@@H](OCC3CCCC3)[C@H](OC)C2)CC(=O)C(C)/C=C(/C)C1O. The summed E-state index contributed by atoms with van der Waals surface area (Å²) in [4.78, 5) is 70.9. The number of carbonyl (C=O) groups is 5. The van der Waals surface area contributed by atoms with Crippen molar-refractivity contribution in [2.24, 2.45) is 35.5 Å². The number of ketones is 3. The van der Waals surface area contributed by atoms with Gasteiger partial charge in [0.15, 0.2) is 5.78 Å². The predicted molar refractivity (Wildman–Crippen MR) is 270 cm³/mol. The summed E-state index contributed by atoms with van der Waals surface area (Å²) in [6.45, 7) is 12.4. The summed E-state index contributed by atoms with van der Waals surface area (Å²) in [5.74, 6) is -8.16. The molecule has 1 amide bonds. The highest BCUT2D eigenvalue weighted by molar-refractivity contribution is 7.88. The van der Waals surface area contributed by atoms with Gasteiger partial charge < -0.3 is 38.8 Å². The van der Waals surface area contributed by atoms with E-state index in [-0.39, 0.29) is 54.9 Å². The molecule has 16 nitrogen and oxygen atoms in total. The monoisotopic (exact) mass is 1020 g/mol. The number of ether oxygens (including phenoxy) is 5. The summed E-state index contributed by atoms with van der Waals surface area (Å²) in [6, 6.07) is -2.13. The summed E-state index contributed by atoms with van der Waals surface area (Å²) < 4.78 is 57.8. The van der Waals surface area contributed by atoms with E-state index in [1.165, 1.54) is 46.8 Å². The van der Waals surface area contributed by atoms with E-state index in [9.17, 15) is 42.6 Å². The summed E-state index contributed by atoms with van der Waals surface area (Å²) in [5.41, 5.74) is 0.984. The van der Waals surface area contributed by atoms with Crippen LogP contribution in [0.4, 0.5) is 0 Å². The Balaban J connectivity index is 1.65. The van der Waals surface area contributed by atoms with Crippen molar-refractivity contribution in [3.8, 4) is 0 Å². The normalized spacial score (nSPS) is 37.6. The molecule has 3 N–H and O–H groups in total. The number of allylic oxidation sites excluding steroid dienone is 6. The molecule has 14 atom stereocenters. The third-order valence-corrected chi connectivity index (χ3v) is 16.3. The molecule has 0 aromatic rings. The fourth-order valence-electron chi connectivity index (χ4n) is 10.5. The molecule has 0 aromatic carbocycles. The highest BCUT2D eigenvalue weighted by Gasteiger charge is 2.52. The Hall–Kier alpha value is -3.42. The number of rotatable bonds is 10. The van der Waals surface area contributed by atoms with Gasteiger partial charge in [-0.2, -0.15) is 0 Å². The number of hydrogen-bond acceptors (Lipinski definition) is 14. The molecule has 6 unspecified atom stereocenters. The first-order valence-electron chi connectivity index (χ1n) is 25.9. The van der Waals surface area contributed by atoms with Gasteiger partial charge in [0.05, 0.1) is 24.6 Å². The lowest BCUT2D eigenvalue weighted by molar-refractivity contribution is -0.263. The van der Waals surface area contributed by atoms with E-state index in [0.29, 0.717) is 42.7 Å². The Morgan fingerprint density at radius 3 is 2.21 bits per heavy atom. The molecular weight excluding hydrogens is 933 g/mol. The second-order valence-electron chi connectivity index (χ2n) is 21.3. The molecule has 402 valence electrons. The molecule has 4 rings (SSSR count). The molecule has 2 saturated carbocycles.